The van der Waals surface area contributed by atoms with E-state index < -0.39 is 0 Å². The summed E-state index contributed by atoms with van der Waals surface area (Å²) >= 11 is 2.99. The summed E-state index contributed by atoms with van der Waals surface area (Å²) in [7, 11) is 0. The fourth-order valence-electron chi connectivity index (χ4n) is 2.75. The molecule has 0 saturated carbocycles. The first kappa shape index (κ1) is 20.9. The van der Waals surface area contributed by atoms with Crippen LogP contribution in [0.3, 0.4) is 0 Å². The molecule has 4 N–H and O–H groups in total. The molecule has 0 saturated heterocycles. The van der Waals surface area contributed by atoms with Gasteiger partial charge in [0.05, 0.1) is 16.4 Å². The molecule has 0 aliphatic carbocycles. The molecule has 6 nitrogen and oxygen atoms in total. The van der Waals surface area contributed by atoms with Crippen LogP contribution in [0.15, 0.2) is 4.79 Å². The maximum Gasteiger partial charge on any atom is 0.259 e. The molecule has 0 radical (unpaired) electrons. The lowest BCUT2D eigenvalue weighted by atomic mass is 10.0. The third-order valence-electron chi connectivity index (χ3n) is 4.31. The number of aromatic amines is 1. The Kier molecular flexibility index (Phi) is 7.25. The lowest BCUT2D eigenvalue weighted by Crippen LogP contribution is -2.44. The summed E-state index contributed by atoms with van der Waals surface area (Å²) in [6, 6.07) is -0.00287. The van der Waals surface area contributed by atoms with Gasteiger partial charge in [0, 0.05) is 17.5 Å². The fraction of sp³-hybridized carbons (Fsp3) is 0.611. The van der Waals surface area contributed by atoms with Gasteiger partial charge in [-0.15, -0.1) is 23.1 Å². The highest BCUT2D eigenvalue weighted by Gasteiger charge is 2.19. The van der Waals surface area contributed by atoms with Gasteiger partial charge in [-0.1, -0.05) is 13.8 Å². The molecule has 1 amide bonds. The topological polar surface area (TPSA) is 101 Å². The fourth-order valence-corrected chi connectivity index (χ4v) is 4.56. The molecule has 2 unspecified atom stereocenters. The SMILES string of the molecule is Cc1sc2nc(CSC(C)C(=O)NC(CN)CC(C)C)[nH]c(=O)c2c1C. The summed E-state index contributed by atoms with van der Waals surface area (Å²) in [5.74, 6) is 1.53. The Morgan fingerprint density at radius 3 is 2.65 bits per heavy atom. The van der Waals surface area contributed by atoms with Crippen LogP contribution in [0.25, 0.3) is 10.2 Å². The molecule has 26 heavy (non-hydrogen) atoms. The van der Waals surface area contributed by atoms with Crippen LogP contribution < -0.4 is 16.6 Å². The number of carbonyl (C=O) groups is 1. The molecule has 0 aliphatic rings. The van der Waals surface area contributed by atoms with E-state index in [-0.39, 0.29) is 22.8 Å². The van der Waals surface area contributed by atoms with Gasteiger partial charge >= 0.3 is 0 Å². The van der Waals surface area contributed by atoms with Crippen molar-refractivity contribution in [3.63, 3.8) is 0 Å². The lowest BCUT2D eigenvalue weighted by molar-refractivity contribution is -0.121. The van der Waals surface area contributed by atoms with Crippen LogP contribution >= 0.6 is 23.1 Å². The maximum atomic E-state index is 12.4. The molecule has 2 heterocycles. The number of amides is 1. The number of nitrogens with zero attached hydrogens (tertiary/aromatic N) is 1. The normalized spacial score (nSPS) is 14.0. The minimum atomic E-state index is -0.246. The second kappa shape index (κ2) is 9.01. The number of aryl methyl sites for hydroxylation is 2. The average molecular weight is 397 g/mol. The highest BCUT2D eigenvalue weighted by molar-refractivity contribution is 7.99. The second-order valence-corrected chi connectivity index (χ2v) is 9.53. The first-order valence-corrected chi connectivity index (χ1v) is 10.7. The van der Waals surface area contributed by atoms with Gasteiger partial charge in [-0.05, 0) is 38.7 Å². The first-order valence-electron chi connectivity index (χ1n) is 8.83. The van der Waals surface area contributed by atoms with E-state index in [4.69, 9.17) is 5.73 Å². The van der Waals surface area contributed by atoms with Crippen LogP contribution in [0.1, 0.15) is 43.5 Å². The van der Waals surface area contributed by atoms with Gasteiger partial charge in [0.2, 0.25) is 5.91 Å². The van der Waals surface area contributed by atoms with E-state index in [1.807, 2.05) is 20.8 Å². The summed E-state index contributed by atoms with van der Waals surface area (Å²) in [4.78, 5) is 33.9. The largest absolute Gasteiger partial charge is 0.351 e. The van der Waals surface area contributed by atoms with E-state index in [2.05, 4.69) is 29.1 Å². The van der Waals surface area contributed by atoms with E-state index in [0.29, 0.717) is 29.4 Å². The number of fused-ring (bicyclic) bond motifs is 1. The molecule has 2 aromatic rings. The number of rotatable bonds is 8. The number of nitrogens with one attached hydrogen (secondary N) is 2. The molecular formula is C18H28N4O2S2. The number of hydrogen-bond acceptors (Lipinski definition) is 6. The third kappa shape index (κ3) is 5.08. The number of aromatic nitrogens is 2. The summed E-state index contributed by atoms with van der Waals surface area (Å²) < 4.78 is 0. The minimum absolute atomic E-state index is 0.00287. The Labute approximate surface area is 162 Å². The van der Waals surface area contributed by atoms with Crippen molar-refractivity contribution in [1.82, 2.24) is 15.3 Å². The van der Waals surface area contributed by atoms with Gasteiger partial charge < -0.3 is 16.0 Å². The Balaban J connectivity index is 2.00. The number of nitrogens with two attached hydrogens (primary N) is 1. The summed E-state index contributed by atoms with van der Waals surface area (Å²) in [5.41, 5.74) is 6.63. The van der Waals surface area contributed by atoms with Crippen molar-refractivity contribution in [1.29, 1.82) is 0 Å². The maximum absolute atomic E-state index is 12.4. The van der Waals surface area contributed by atoms with Crippen molar-refractivity contribution in [2.24, 2.45) is 11.7 Å². The van der Waals surface area contributed by atoms with Crippen LogP contribution in [-0.4, -0.2) is 33.7 Å². The molecule has 2 atom stereocenters. The predicted octanol–water partition coefficient (Wildman–Crippen LogP) is 2.71. The number of H-pyrrole nitrogens is 1. The standard InChI is InChI=1S/C18H28N4O2S2/c1-9(2)6-13(7-19)20-16(23)12(5)25-8-14-21-17(24)15-10(3)11(4)26-18(15)22-14/h9,12-13H,6-8,19H2,1-5H3,(H,20,23)(H,21,22,24). The van der Waals surface area contributed by atoms with Crippen LogP contribution in [0, 0.1) is 19.8 Å². The third-order valence-corrected chi connectivity index (χ3v) is 6.57. The minimum Gasteiger partial charge on any atom is -0.351 e. The molecule has 2 rings (SSSR count). The zero-order valence-electron chi connectivity index (χ0n) is 16.0. The molecular weight excluding hydrogens is 368 g/mol. The van der Waals surface area contributed by atoms with Crippen molar-refractivity contribution in [2.45, 2.75) is 58.1 Å². The summed E-state index contributed by atoms with van der Waals surface area (Å²) in [5, 5.41) is 3.44. The second-order valence-electron chi connectivity index (χ2n) is 7.00. The van der Waals surface area contributed by atoms with Gasteiger partial charge in [-0.25, -0.2) is 4.98 Å². The van der Waals surface area contributed by atoms with Crippen molar-refractivity contribution >= 4 is 39.2 Å². The zero-order chi connectivity index (χ0) is 19.4. The van der Waals surface area contributed by atoms with E-state index >= 15 is 0 Å². The van der Waals surface area contributed by atoms with E-state index in [1.165, 1.54) is 23.1 Å². The van der Waals surface area contributed by atoms with Crippen LogP contribution in [-0.2, 0) is 10.5 Å². The number of carbonyl (C=O) groups excluding carboxylic acids is 1. The quantitative estimate of drug-likeness (QED) is 0.637. The molecule has 0 spiro atoms. The van der Waals surface area contributed by atoms with Crippen molar-refractivity contribution in [2.75, 3.05) is 6.54 Å². The monoisotopic (exact) mass is 396 g/mol. The van der Waals surface area contributed by atoms with E-state index in [9.17, 15) is 9.59 Å². The zero-order valence-corrected chi connectivity index (χ0v) is 17.6. The van der Waals surface area contributed by atoms with Crippen molar-refractivity contribution < 1.29 is 4.79 Å². The van der Waals surface area contributed by atoms with Crippen molar-refractivity contribution in [3.8, 4) is 0 Å². The average Bonchev–Trinajstić information content (AvgIpc) is 2.86. The summed E-state index contributed by atoms with van der Waals surface area (Å²) in [6.07, 6.45) is 0.863. The first-order chi connectivity index (χ1) is 12.2. The Hall–Kier alpha value is -1.38. The van der Waals surface area contributed by atoms with Gasteiger partial charge in [0.1, 0.15) is 10.7 Å². The lowest BCUT2D eigenvalue weighted by Gasteiger charge is -2.21. The Morgan fingerprint density at radius 2 is 2.04 bits per heavy atom. The Morgan fingerprint density at radius 1 is 1.35 bits per heavy atom. The number of hydrogen-bond donors (Lipinski definition) is 3. The van der Waals surface area contributed by atoms with Gasteiger partial charge in [0.25, 0.3) is 5.56 Å². The molecule has 144 valence electrons. The predicted molar refractivity (Wildman–Crippen MR) is 111 cm³/mol. The summed E-state index contributed by atoms with van der Waals surface area (Å²) in [6.45, 7) is 10.4. The van der Waals surface area contributed by atoms with Gasteiger partial charge in [-0.3, -0.25) is 9.59 Å². The van der Waals surface area contributed by atoms with Crippen LogP contribution in [0.2, 0.25) is 0 Å². The van der Waals surface area contributed by atoms with E-state index in [1.54, 1.807) is 0 Å². The smallest absolute Gasteiger partial charge is 0.259 e. The molecule has 8 heteroatoms. The molecule has 0 bridgehead atoms. The van der Waals surface area contributed by atoms with E-state index in [0.717, 1.165) is 21.7 Å². The molecule has 0 fully saturated rings. The Bertz CT molecular complexity index is 828. The highest BCUT2D eigenvalue weighted by Crippen LogP contribution is 2.26. The van der Waals surface area contributed by atoms with Crippen LogP contribution in [0.5, 0.6) is 0 Å². The molecule has 0 aromatic carbocycles. The number of thiophene rings is 1. The molecule has 2 aromatic heterocycles. The highest BCUT2D eigenvalue weighted by atomic mass is 32.2. The van der Waals surface area contributed by atoms with Gasteiger partial charge in [0.15, 0.2) is 0 Å². The number of thioether (sulfide) groups is 1. The van der Waals surface area contributed by atoms with Gasteiger partial charge in [-0.2, -0.15) is 0 Å². The molecule has 0 aliphatic heterocycles. The van der Waals surface area contributed by atoms with Crippen molar-refractivity contribution in [3.05, 3.63) is 26.6 Å². The van der Waals surface area contributed by atoms with Crippen LogP contribution in [0.4, 0.5) is 0 Å².